The summed E-state index contributed by atoms with van der Waals surface area (Å²) in [4.78, 5) is 12.9. The highest BCUT2D eigenvalue weighted by Crippen LogP contribution is 2.40. The fourth-order valence-electron chi connectivity index (χ4n) is 8.35. The molecular weight excluding hydrogens is 609 g/mol. The highest BCUT2D eigenvalue weighted by molar-refractivity contribution is 6.25. The van der Waals surface area contributed by atoms with Gasteiger partial charge in [-0.3, -0.25) is 4.79 Å². The minimum absolute atomic E-state index is 0.0614. The molecule has 0 fully saturated rings. The van der Waals surface area contributed by atoms with Crippen molar-refractivity contribution in [3.63, 3.8) is 0 Å². The van der Waals surface area contributed by atoms with Crippen molar-refractivity contribution in [2.24, 2.45) is 0 Å². The number of hydrogen-bond donors (Lipinski definition) is 0. The summed E-state index contributed by atoms with van der Waals surface area (Å²) >= 11 is 0. The molecular formula is C47H36N2O. The van der Waals surface area contributed by atoms with Crippen molar-refractivity contribution >= 4 is 66.0 Å². The molecule has 0 amide bonds. The molecule has 0 radical (unpaired) electrons. The molecule has 9 rings (SSSR count). The number of aryl methyl sites for hydroxylation is 2. The first-order valence-corrected chi connectivity index (χ1v) is 17.3. The van der Waals surface area contributed by atoms with E-state index in [0.29, 0.717) is 0 Å². The third kappa shape index (κ3) is 4.33. The quantitative estimate of drug-likeness (QED) is 0.131. The van der Waals surface area contributed by atoms with Crippen LogP contribution >= 0.6 is 0 Å². The minimum Gasteiger partial charge on any atom is -0.310 e. The molecule has 0 bridgehead atoms. The minimum atomic E-state index is 0.0614. The number of nitrogens with zero attached hydrogens (tertiary/aromatic N) is 2. The second-order valence-electron chi connectivity index (χ2n) is 13.2. The Labute approximate surface area is 291 Å². The van der Waals surface area contributed by atoms with E-state index in [1.807, 2.05) is 24.3 Å². The molecule has 0 unspecified atom stereocenters. The molecule has 50 heavy (non-hydrogen) atoms. The van der Waals surface area contributed by atoms with Crippen LogP contribution in [0.1, 0.15) is 41.2 Å². The molecule has 0 saturated carbocycles. The first kappa shape index (κ1) is 29.9. The van der Waals surface area contributed by atoms with Crippen LogP contribution in [0.3, 0.4) is 0 Å². The Morgan fingerprint density at radius 1 is 0.580 bits per heavy atom. The molecule has 0 aliphatic heterocycles. The summed E-state index contributed by atoms with van der Waals surface area (Å²) < 4.78 is 4.47. The molecule has 0 spiro atoms. The molecule has 0 aliphatic carbocycles. The van der Waals surface area contributed by atoms with E-state index in [1.165, 1.54) is 43.3 Å². The molecule has 0 atom stereocenters. The Bertz CT molecular complexity index is 2810. The molecule has 0 saturated heterocycles. The van der Waals surface area contributed by atoms with Gasteiger partial charge in [-0.1, -0.05) is 98.4 Å². The predicted molar refractivity (Wildman–Crippen MR) is 212 cm³/mol. The van der Waals surface area contributed by atoms with Gasteiger partial charge in [0.25, 0.3) is 0 Å². The number of benzene rings is 7. The van der Waals surface area contributed by atoms with Gasteiger partial charge in [-0.05, 0) is 123 Å². The van der Waals surface area contributed by atoms with Crippen LogP contribution in [0.25, 0.3) is 82.7 Å². The van der Waals surface area contributed by atoms with E-state index in [0.717, 1.165) is 62.3 Å². The normalized spacial score (nSPS) is 11.7. The van der Waals surface area contributed by atoms with E-state index >= 15 is 0 Å². The van der Waals surface area contributed by atoms with E-state index in [1.54, 1.807) is 6.92 Å². The molecule has 3 heteroatoms. The Hall–Kier alpha value is -6.19. The molecule has 0 N–H and O–H groups in total. The largest absolute Gasteiger partial charge is 0.310 e. The summed E-state index contributed by atoms with van der Waals surface area (Å²) in [6, 6.07) is 47.9. The summed E-state index contributed by atoms with van der Waals surface area (Å²) in [5, 5.41) is 9.92. The van der Waals surface area contributed by atoms with Crippen molar-refractivity contribution < 1.29 is 4.79 Å². The number of fused-ring (bicyclic) bond motifs is 8. The lowest BCUT2D eigenvalue weighted by Gasteiger charge is -2.14. The van der Waals surface area contributed by atoms with Crippen molar-refractivity contribution in [1.82, 2.24) is 9.13 Å². The maximum absolute atomic E-state index is 12.9. The van der Waals surface area contributed by atoms with Crippen molar-refractivity contribution in [3.05, 3.63) is 163 Å². The number of rotatable bonds is 6. The third-order valence-electron chi connectivity index (χ3n) is 10.5. The van der Waals surface area contributed by atoms with Gasteiger partial charge in [0.1, 0.15) is 0 Å². The van der Waals surface area contributed by atoms with Gasteiger partial charge < -0.3 is 9.13 Å². The standard InChI is InChI=1S/C47H36N2O/c1-5-35-43-27-32(31-20-24-45-41(26-31)29(3)47(30(4)50)49(45)33-14-8-7-9-15-33)21-25-46(43)48(44(35)6-2)34-22-23-40-38-18-11-10-16-36(38)37-17-12-13-19-39(37)42(40)28-34/h6-28H,2,5H2,1,3-4H3. The number of aromatic nitrogens is 2. The van der Waals surface area contributed by atoms with Crippen molar-refractivity contribution in [3.8, 4) is 22.5 Å². The van der Waals surface area contributed by atoms with Crippen LogP contribution in [0.5, 0.6) is 0 Å². The number of carbonyl (C=O) groups is 1. The van der Waals surface area contributed by atoms with Crippen LogP contribution in [-0.4, -0.2) is 14.9 Å². The molecule has 7 aromatic carbocycles. The summed E-state index contributed by atoms with van der Waals surface area (Å²) in [6.45, 7) is 10.2. The molecule has 240 valence electrons. The van der Waals surface area contributed by atoms with Crippen LogP contribution in [0.4, 0.5) is 0 Å². The summed E-state index contributed by atoms with van der Waals surface area (Å²) in [5.74, 6) is 0.0614. The molecule has 2 aromatic heterocycles. The second kappa shape index (κ2) is 11.5. The second-order valence-corrected chi connectivity index (χ2v) is 13.2. The van der Waals surface area contributed by atoms with E-state index in [4.69, 9.17) is 0 Å². The smallest absolute Gasteiger partial charge is 0.176 e. The van der Waals surface area contributed by atoms with E-state index in [2.05, 4.69) is 145 Å². The van der Waals surface area contributed by atoms with Crippen LogP contribution in [0.15, 0.2) is 140 Å². The Morgan fingerprint density at radius 3 is 1.70 bits per heavy atom. The Balaban J connectivity index is 1.24. The SMILES string of the molecule is C=Cc1c(CC)c2cc(-c3ccc4c(c3)c(C)c(C(C)=O)n4-c3ccccc3)ccc2n1-c1ccc2c3ccccc3c3ccccc3c2c1. The summed E-state index contributed by atoms with van der Waals surface area (Å²) in [7, 11) is 0. The molecule has 0 aliphatic rings. The van der Waals surface area contributed by atoms with Crippen LogP contribution < -0.4 is 0 Å². The van der Waals surface area contributed by atoms with Gasteiger partial charge in [0, 0.05) is 34.8 Å². The third-order valence-corrected chi connectivity index (χ3v) is 10.5. The number of para-hydroxylation sites is 1. The maximum Gasteiger partial charge on any atom is 0.176 e. The lowest BCUT2D eigenvalue weighted by Crippen LogP contribution is -2.05. The van der Waals surface area contributed by atoms with Gasteiger partial charge in [-0.25, -0.2) is 0 Å². The fourth-order valence-corrected chi connectivity index (χ4v) is 8.35. The van der Waals surface area contributed by atoms with Gasteiger partial charge in [-0.2, -0.15) is 0 Å². The zero-order chi connectivity index (χ0) is 34.1. The Morgan fingerprint density at radius 2 is 1.12 bits per heavy atom. The van der Waals surface area contributed by atoms with Crippen molar-refractivity contribution in [2.75, 3.05) is 0 Å². The molecule has 3 nitrogen and oxygen atoms in total. The van der Waals surface area contributed by atoms with E-state index in [9.17, 15) is 4.79 Å². The predicted octanol–water partition coefficient (Wildman–Crippen LogP) is 12.4. The first-order chi connectivity index (χ1) is 24.5. The van der Waals surface area contributed by atoms with Crippen molar-refractivity contribution in [2.45, 2.75) is 27.2 Å². The van der Waals surface area contributed by atoms with E-state index in [-0.39, 0.29) is 5.78 Å². The lowest BCUT2D eigenvalue weighted by molar-refractivity contribution is 0.101. The lowest BCUT2D eigenvalue weighted by atomic mass is 9.94. The van der Waals surface area contributed by atoms with Gasteiger partial charge in [0.2, 0.25) is 0 Å². The molecule has 2 heterocycles. The van der Waals surface area contributed by atoms with Crippen LogP contribution in [-0.2, 0) is 6.42 Å². The zero-order valence-electron chi connectivity index (χ0n) is 28.5. The average Bonchev–Trinajstić information content (AvgIpc) is 3.65. The first-order valence-electron chi connectivity index (χ1n) is 17.3. The monoisotopic (exact) mass is 644 g/mol. The van der Waals surface area contributed by atoms with Crippen LogP contribution in [0, 0.1) is 6.92 Å². The number of ketones is 1. The topological polar surface area (TPSA) is 26.9 Å². The molecule has 9 aromatic rings. The maximum atomic E-state index is 12.9. The number of hydrogen-bond acceptors (Lipinski definition) is 1. The average molecular weight is 645 g/mol. The van der Waals surface area contributed by atoms with Crippen LogP contribution in [0.2, 0.25) is 0 Å². The van der Waals surface area contributed by atoms with Gasteiger partial charge >= 0.3 is 0 Å². The summed E-state index contributed by atoms with van der Waals surface area (Å²) in [6.07, 6.45) is 2.89. The van der Waals surface area contributed by atoms with E-state index < -0.39 is 0 Å². The summed E-state index contributed by atoms with van der Waals surface area (Å²) in [5.41, 5.74) is 10.7. The Kier molecular flexibility index (Phi) is 6.86. The number of carbonyl (C=O) groups excluding carboxylic acids is 1. The van der Waals surface area contributed by atoms with Gasteiger partial charge in [-0.15, -0.1) is 0 Å². The highest BCUT2D eigenvalue weighted by atomic mass is 16.1. The van der Waals surface area contributed by atoms with Crippen molar-refractivity contribution in [1.29, 1.82) is 0 Å². The number of Topliss-reactive ketones (excluding diaryl/α,β-unsaturated/α-hetero) is 1. The zero-order valence-corrected chi connectivity index (χ0v) is 28.5. The van der Waals surface area contributed by atoms with Gasteiger partial charge in [0.15, 0.2) is 5.78 Å². The highest BCUT2D eigenvalue weighted by Gasteiger charge is 2.21. The fraction of sp³-hybridized carbons (Fsp3) is 0.0851. The van der Waals surface area contributed by atoms with Gasteiger partial charge in [0.05, 0.1) is 16.7 Å².